The molecule has 0 aromatic heterocycles. The van der Waals surface area contributed by atoms with E-state index in [1.165, 1.54) is 36.0 Å². The molecule has 3 nitrogen and oxygen atoms in total. The second-order valence-electron chi connectivity index (χ2n) is 5.86. The Hall–Kier alpha value is -0.580. The van der Waals surface area contributed by atoms with Crippen LogP contribution < -0.4 is 4.74 Å². The molecule has 1 unspecified atom stereocenters. The van der Waals surface area contributed by atoms with Gasteiger partial charge in [0.15, 0.2) is 0 Å². The summed E-state index contributed by atoms with van der Waals surface area (Å²) in [7, 11) is 1.73. The van der Waals surface area contributed by atoms with E-state index in [2.05, 4.69) is 33.0 Å². The molecule has 2 fully saturated rings. The van der Waals surface area contributed by atoms with Crippen molar-refractivity contribution in [2.24, 2.45) is 5.92 Å². The van der Waals surface area contributed by atoms with Crippen molar-refractivity contribution in [2.75, 3.05) is 33.4 Å². The highest BCUT2D eigenvalue weighted by atomic mass is 79.9. The van der Waals surface area contributed by atoms with Gasteiger partial charge in [-0.25, -0.2) is 0 Å². The number of hydrogen-bond acceptors (Lipinski definition) is 3. The second-order valence-corrected chi connectivity index (χ2v) is 6.72. The van der Waals surface area contributed by atoms with Crippen molar-refractivity contribution in [3.8, 4) is 5.75 Å². The van der Waals surface area contributed by atoms with Crippen LogP contribution in [0.1, 0.15) is 18.4 Å². The van der Waals surface area contributed by atoms with Gasteiger partial charge in [-0.2, -0.15) is 0 Å². The molecule has 2 aliphatic heterocycles. The van der Waals surface area contributed by atoms with E-state index < -0.39 is 0 Å². The SMILES string of the molecule is COc1ccc(Br)c(CC2CCN(CC3CO3)CC2)c1. The average Bonchev–Trinajstić information content (AvgIpc) is 3.27. The van der Waals surface area contributed by atoms with Crippen LogP contribution in [0.15, 0.2) is 22.7 Å². The number of ether oxygens (including phenoxy) is 2. The summed E-state index contributed by atoms with van der Waals surface area (Å²) in [5.41, 5.74) is 1.37. The van der Waals surface area contributed by atoms with Crippen LogP contribution in [0, 0.1) is 5.92 Å². The van der Waals surface area contributed by atoms with E-state index in [0.717, 1.165) is 31.2 Å². The van der Waals surface area contributed by atoms with Crippen LogP contribution in [-0.4, -0.2) is 44.4 Å². The first kappa shape index (κ1) is 14.4. The van der Waals surface area contributed by atoms with Gasteiger partial charge >= 0.3 is 0 Å². The quantitative estimate of drug-likeness (QED) is 0.770. The molecule has 0 spiro atoms. The van der Waals surface area contributed by atoms with Gasteiger partial charge in [0, 0.05) is 11.0 Å². The third kappa shape index (κ3) is 3.74. The van der Waals surface area contributed by atoms with Crippen molar-refractivity contribution in [1.29, 1.82) is 0 Å². The van der Waals surface area contributed by atoms with Gasteiger partial charge in [-0.05, 0) is 62.0 Å². The Balaban J connectivity index is 1.53. The van der Waals surface area contributed by atoms with Crippen LogP contribution in [0.25, 0.3) is 0 Å². The predicted molar refractivity (Wildman–Crippen MR) is 83.3 cm³/mol. The number of halogens is 1. The standard InChI is InChI=1S/C16H22BrNO2/c1-19-14-2-3-16(17)13(9-14)8-12-4-6-18(7-5-12)10-15-11-20-15/h2-3,9,12,15H,4-8,10-11H2,1H3. The highest BCUT2D eigenvalue weighted by Crippen LogP contribution is 2.29. The molecule has 0 bridgehead atoms. The first-order valence-electron chi connectivity index (χ1n) is 7.41. The zero-order valence-electron chi connectivity index (χ0n) is 12.0. The molecule has 0 N–H and O–H groups in total. The minimum atomic E-state index is 0.527. The summed E-state index contributed by atoms with van der Waals surface area (Å²) in [5, 5.41) is 0. The molecular weight excluding hydrogens is 318 g/mol. The van der Waals surface area contributed by atoms with Crippen molar-refractivity contribution in [3.63, 3.8) is 0 Å². The Morgan fingerprint density at radius 2 is 2.10 bits per heavy atom. The number of nitrogens with zero attached hydrogens (tertiary/aromatic N) is 1. The van der Waals surface area contributed by atoms with Gasteiger partial charge in [0.25, 0.3) is 0 Å². The summed E-state index contributed by atoms with van der Waals surface area (Å²) in [4.78, 5) is 2.55. The normalized spacial score (nSPS) is 23.8. The highest BCUT2D eigenvalue weighted by molar-refractivity contribution is 9.10. The molecule has 0 saturated carbocycles. The van der Waals surface area contributed by atoms with E-state index in [0.29, 0.717) is 6.10 Å². The van der Waals surface area contributed by atoms with Gasteiger partial charge in [0.2, 0.25) is 0 Å². The van der Waals surface area contributed by atoms with Crippen LogP contribution in [0.2, 0.25) is 0 Å². The van der Waals surface area contributed by atoms with Crippen molar-refractivity contribution in [3.05, 3.63) is 28.2 Å². The molecule has 0 amide bonds. The molecule has 1 aromatic carbocycles. The molecule has 2 heterocycles. The second kappa shape index (κ2) is 6.46. The van der Waals surface area contributed by atoms with E-state index in [-0.39, 0.29) is 0 Å². The average molecular weight is 340 g/mol. The summed E-state index contributed by atoms with van der Waals surface area (Å²) in [6.45, 7) is 4.53. The number of epoxide rings is 1. The molecular formula is C16H22BrNO2. The minimum absolute atomic E-state index is 0.527. The largest absolute Gasteiger partial charge is 0.497 e. The number of methoxy groups -OCH3 is 1. The van der Waals surface area contributed by atoms with E-state index in [1.54, 1.807) is 7.11 Å². The molecule has 2 aliphatic rings. The molecule has 110 valence electrons. The molecule has 0 aliphatic carbocycles. The Bertz CT molecular complexity index is 454. The number of likely N-dealkylation sites (tertiary alicyclic amines) is 1. The zero-order valence-corrected chi connectivity index (χ0v) is 13.6. The Kier molecular flexibility index (Phi) is 4.64. The fraction of sp³-hybridized carbons (Fsp3) is 0.625. The lowest BCUT2D eigenvalue weighted by Gasteiger charge is -2.31. The van der Waals surface area contributed by atoms with Crippen LogP contribution >= 0.6 is 15.9 Å². The first-order chi connectivity index (χ1) is 9.74. The summed E-state index contributed by atoms with van der Waals surface area (Å²) < 4.78 is 11.8. The van der Waals surface area contributed by atoms with E-state index in [1.807, 2.05) is 6.07 Å². The Labute approximate surface area is 129 Å². The summed E-state index contributed by atoms with van der Waals surface area (Å²) in [6, 6.07) is 6.26. The fourth-order valence-corrected chi connectivity index (χ4v) is 3.39. The van der Waals surface area contributed by atoms with Gasteiger partial charge in [-0.3, -0.25) is 0 Å². The van der Waals surface area contributed by atoms with Crippen LogP contribution in [0.4, 0.5) is 0 Å². The highest BCUT2D eigenvalue weighted by Gasteiger charge is 2.28. The third-order valence-electron chi connectivity index (χ3n) is 4.33. The molecule has 1 atom stereocenters. The zero-order chi connectivity index (χ0) is 13.9. The number of rotatable bonds is 5. The van der Waals surface area contributed by atoms with Gasteiger partial charge in [0.1, 0.15) is 5.75 Å². The minimum Gasteiger partial charge on any atom is -0.497 e. The van der Waals surface area contributed by atoms with Crippen LogP contribution in [0.3, 0.4) is 0 Å². The topological polar surface area (TPSA) is 25.0 Å². The van der Waals surface area contributed by atoms with Gasteiger partial charge in [-0.1, -0.05) is 15.9 Å². The summed E-state index contributed by atoms with van der Waals surface area (Å²) in [5.74, 6) is 1.74. The molecule has 0 radical (unpaired) electrons. The van der Waals surface area contributed by atoms with Crippen molar-refractivity contribution in [1.82, 2.24) is 4.90 Å². The van der Waals surface area contributed by atoms with E-state index >= 15 is 0 Å². The van der Waals surface area contributed by atoms with Crippen LogP contribution in [-0.2, 0) is 11.2 Å². The smallest absolute Gasteiger partial charge is 0.119 e. The van der Waals surface area contributed by atoms with Crippen molar-refractivity contribution in [2.45, 2.75) is 25.4 Å². The number of hydrogen-bond donors (Lipinski definition) is 0. The maximum absolute atomic E-state index is 5.32. The van der Waals surface area contributed by atoms with Crippen LogP contribution in [0.5, 0.6) is 5.75 Å². The molecule has 20 heavy (non-hydrogen) atoms. The number of piperidine rings is 1. The maximum Gasteiger partial charge on any atom is 0.119 e. The lowest BCUT2D eigenvalue weighted by Crippen LogP contribution is -2.36. The number of benzene rings is 1. The van der Waals surface area contributed by atoms with E-state index in [4.69, 9.17) is 9.47 Å². The lowest BCUT2D eigenvalue weighted by molar-refractivity contribution is 0.170. The van der Waals surface area contributed by atoms with Gasteiger partial charge in [-0.15, -0.1) is 0 Å². The maximum atomic E-state index is 5.32. The van der Waals surface area contributed by atoms with Gasteiger partial charge in [0.05, 0.1) is 19.8 Å². The predicted octanol–water partition coefficient (Wildman–Crippen LogP) is 3.11. The van der Waals surface area contributed by atoms with Crippen molar-refractivity contribution < 1.29 is 9.47 Å². The third-order valence-corrected chi connectivity index (χ3v) is 5.11. The molecule has 2 saturated heterocycles. The van der Waals surface area contributed by atoms with Gasteiger partial charge < -0.3 is 14.4 Å². The summed E-state index contributed by atoms with van der Waals surface area (Å²) in [6.07, 6.45) is 4.25. The first-order valence-corrected chi connectivity index (χ1v) is 8.20. The Morgan fingerprint density at radius 3 is 2.75 bits per heavy atom. The van der Waals surface area contributed by atoms with Crippen molar-refractivity contribution >= 4 is 15.9 Å². The lowest BCUT2D eigenvalue weighted by atomic mass is 9.90. The molecule has 4 heteroatoms. The fourth-order valence-electron chi connectivity index (χ4n) is 2.98. The monoisotopic (exact) mass is 339 g/mol. The summed E-state index contributed by atoms with van der Waals surface area (Å²) >= 11 is 3.66. The Morgan fingerprint density at radius 1 is 1.35 bits per heavy atom. The molecule has 3 rings (SSSR count). The molecule has 1 aromatic rings. The van der Waals surface area contributed by atoms with E-state index in [9.17, 15) is 0 Å².